The lowest BCUT2D eigenvalue weighted by Crippen LogP contribution is -2.17. The molecule has 0 saturated heterocycles. The van der Waals surface area contributed by atoms with Gasteiger partial charge in [0, 0.05) is 19.5 Å². The third kappa shape index (κ3) is 3.73. The molecule has 21 heavy (non-hydrogen) atoms. The second-order valence-corrected chi connectivity index (χ2v) is 5.55. The van der Waals surface area contributed by atoms with Gasteiger partial charge in [-0.15, -0.1) is 0 Å². The van der Waals surface area contributed by atoms with Crippen molar-refractivity contribution >= 4 is 6.08 Å². The lowest BCUT2D eigenvalue weighted by atomic mass is 10.1. The van der Waals surface area contributed by atoms with Gasteiger partial charge in [-0.1, -0.05) is 54.6 Å². The van der Waals surface area contributed by atoms with E-state index in [9.17, 15) is 0 Å². The maximum atomic E-state index is 5.55. The van der Waals surface area contributed by atoms with Crippen LogP contribution in [0.1, 0.15) is 16.7 Å². The number of ether oxygens (including phenoxy) is 1. The van der Waals surface area contributed by atoms with Crippen molar-refractivity contribution in [3.05, 3.63) is 71.3 Å². The quantitative estimate of drug-likeness (QED) is 0.826. The van der Waals surface area contributed by atoms with Gasteiger partial charge in [-0.25, -0.2) is 0 Å². The Morgan fingerprint density at radius 1 is 1.14 bits per heavy atom. The van der Waals surface area contributed by atoms with Crippen molar-refractivity contribution < 1.29 is 4.74 Å². The summed E-state index contributed by atoms with van der Waals surface area (Å²) in [6.45, 7) is 2.74. The highest BCUT2D eigenvalue weighted by atomic mass is 16.5. The predicted octanol–water partition coefficient (Wildman–Crippen LogP) is 3.77. The summed E-state index contributed by atoms with van der Waals surface area (Å²) < 4.78 is 5.55. The smallest absolute Gasteiger partial charge is 0.122 e. The Hall–Kier alpha value is -2.06. The molecule has 2 heteroatoms. The molecule has 0 aromatic heterocycles. The van der Waals surface area contributed by atoms with E-state index in [1.165, 1.54) is 16.7 Å². The topological polar surface area (TPSA) is 12.5 Å². The summed E-state index contributed by atoms with van der Waals surface area (Å²) in [6, 6.07) is 17.0. The number of hydrogen-bond acceptors (Lipinski definition) is 2. The third-order valence-electron chi connectivity index (χ3n) is 3.73. The van der Waals surface area contributed by atoms with Crippen molar-refractivity contribution in [2.24, 2.45) is 0 Å². The second kappa shape index (κ2) is 6.59. The maximum Gasteiger partial charge on any atom is 0.122 e. The van der Waals surface area contributed by atoms with Crippen molar-refractivity contribution in [1.29, 1.82) is 0 Å². The molecule has 0 unspecified atom stereocenters. The second-order valence-electron chi connectivity index (χ2n) is 5.55. The number of nitrogens with zero attached hydrogens (tertiary/aromatic N) is 1. The van der Waals surface area contributed by atoms with Gasteiger partial charge in [0.1, 0.15) is 5.75 Å². The maximum absolute atomic E-state index is 5.55. The Kier molecular flexibility index (Phi) is 4.37. The molecule has 2 nitrogen and oxygen atoms in total. The standard InChI is InChI=1S/C19H21NO/c1-20(12-5-8-16-6-3-2-4-7-16)15-17-9-10-19-18(14-17)11-13-21-19/h2-10,14H,11-13,15H2,1H3. The molecular weight excluding hydrogens is 258 g/mol. The molecular formula is C19H21NO. The molecule has 0 N–H and O–H groups in total. The number of benzene rings is 2. The SMILES string of the molecule is CN(CC=Cc1ccccc1)Cc1ccc2c(c1)CCO2. The van der Waals surface area contributed by atoms with Gasteiger partial charge in [-0.05, 0) is 29.8 Å². The Morgan fingerprint density at radius 3 is 2.86 bits per heavy atom. The van der Waals surface area contributed by atoms with Crippen molar-refractivity contribution in [1.82, 2.24) is 4.90 Å². The summed E-state index contributed by atoms with van der Waals surface area (Å²) in [4.78, 5) is 2.32. The third-order valence-corrected chi connectivity index (χ3v) is 3.73. The zero-order valence-corrected chi connectivity index (χ0v) is 12.5. The molecule has 2 aromatic carbocycles. The molecule has 0 amide bonds. The Labute approximate surface area is 126 Å². The van der Waals surface area contributed by atoms with Crippen LogP contribution in [0.25, 0.3) is 6.08 Å². The van der Waals surface area contributed by atoms with Gasteiger partial charge in [0.15, 0.2) is 0 Å². The van der Waals surface area contributed by atoms with Crippen molar-refractivity contribution in [3.63, 3.8) is 0 Å². The Bertz CT molecular complexity index is 619. The highest BCUT2D eigenvalue weighted by molar-refractivity contribution is 5.48. The molecule has 0 bridgehead atoms. The van der Waals surface area contributed by atoms with Gasteiger partial charge in [-0.3, -0.25) is 4.90 Å². The molecule has 108 valence electrons. The van der Waals surface area contributed by atoms with Crippen LogP contribution >= 0.6 is 0 Å². The Morgan fingerprint density at radius 2 is 2.00 bits per heavy atom. The summed E-state index contributed by atoms with van der Waals surface area (Å²) in [6.07, 6.45) is 5.43. The average Bonchev–Trinajstić information content (AvgIpc) is 2.96. The van der Waals surface area contributed by atoms with Gasteiger partial charge < -0.3 is 4.74 Å². The van der Waals surface area contributed by atoms with Crippen LogP contribution in [0.2, 0.25) is 0 Å². The minimum Gasteiger partial charge on any atom is -0.493 e. The van der Waals surface area contributed by atoms with Gasteiger partial charge in [0.25, 0.3) is 0 Å². The molecule has 0 fully saturated rings. The van der Waals surface area contributed by atoms with Gasteiger partial charge in [-0.2, -0.15) is 0 Å². The molecule has 0 radical (unpaired) electrons. The molecule has 0 saturated carbocycles. The highest BCUT2D eigenvalue weighted by Gasteiger charge is 2.12. The molecule has 0 atom stereocenters. The molecule has 1 heterocycles. The summed E-state index contributed by atoms with van der Waals surface area (Å²) in [5, 5.41) is 0. The van der Waals surface area contributed by atoms with Crippen LogP contribution in [0.15, 0.2) is 54.6 Å². The van der Waals surface area contributed by atoms with E-state index in [1.807, 2.05) is 6.07 Å². The predicted molar refractivity (Wildman–Crippen MR) is 87.5 cm³/mol. The zero-order chi connectivity index (χ0) is 14.5. The average molecular weight is 279 g/mol. The number of rotatable bonds is 5. The fourth-order valence-corrected chi connectivity index (χ4v) is 2.65. The summed E-state index contributed by atoms with van der Waals surface area (Å²) in [5.74, 6) is 1.06. The van der Waals surface area contributed by atoms with E-state index in [0.717, 1.165) is 31.9 Å². The normalized spacial score (nSPS) is 13.6. The molecule has 1 aliphatic heterocycles. The minimum absolute atomic E-state index is 0.828. The highest BCUT2D eigenvalue weighted by Crippen LogP contribution is 2.26. The van der Waals surface area contributed by atoms with E-state index in [2.05, 4.69) is 66.6 Å². The summed E-state index contributed by atoms with van der Waals surface area (Å²) >= 11 is 0. The minimum atomic E-state index is 0.828. The first kappa shape index (κ1) is 13.9. The first-order valence-electron chi connectivity index (χ1n) is 7.46. The van der Waals surface area contributed by atoms with E-state index in [4.69, 9.17) is 4.74 Å². The summed E-state index contributed by atoms with van der Waals surface area (Å²) in [5.41, 5.74) is 3.95. The van der Waals surface area contributed by atoms with Crippen molar-refractivity contribution in [2.75, 3.05) is 20.2 Å². The summed E-state index contributed by atoms with van der Waals surface area (Å²) in [7, 11) is 2.15. The van der Waals surface area contributed by atoms with Gasteiger partial charge in [0.05, 0.1) is 6.61 Å². The molecule has 1 aliphatic rings. The van der Waals surface area contributed by atoms with E-state index >= 15 is 0 Å². The van der Waals surface area contributed by atoms with Crippen LogP contribution in [0.4, 0.5) is 0 Å². The van der Waals surface area contributed by atoms with Crippen LogP contribution in [0, 0.1) is 0 Å². The zero-order valence-electron chi connectivity index (χ0n) is 12.5. The van der Waals surface area contributed by atoms with Crippen LogP contribution in [0.5, 0.6) is 5.75 Å². The van der Waals surface area contributed by atoms with Crippen LogP contribution in [-0.2, 0) is 13.0 Å². The first-order valence-corrected chi connectivity index (χ1v) is 7.46. The molecule has 3 rings (SSSR count). The fourth-order valence-electron chi connectivity index (χ4n) is 2.65. The number of hydrogen-bond donors (Lipinski definition) is 0. The number of likely N-dealkylation sites (N-methyl/N-ethyl adjacent to an activating group) is 1. The lowest BCUT2D eigenvalue weighted by Gasteiger charge is -2.15. The van der Waals surface area contributed by atoms with Gasteiger partial charge in [0.2, 0.25) is 0 Å². The van der Waals surface area contributed by atoms with E-state index in [1.54, 1.807) is 0 Å². The fraction of sp³-hybridized carbons (Fsp3) is 0.263. The van der Waals surface area contributed by atoms with E-state index in [0.29, 0.717) is 0 Å². The van der Waals surface area contributed by atoms with E-state index in [-0.39, 0.29) is 0 Å². The Balaban J connectivity index is 1.54. The van der Waals surface area contributed by atoms with Crippen molar-refractivity contribution in [3.8, 4) is 5.75 Å². The molecule has 2 aromatic rings. The van der Waals surface area contributed by atoms with Crippen LogP contribution < -0.4 is 4.74 Å². The van der Waals surface area contributed by atoms with Crippen LogP contribution in [0.3, 0.4) is 0 Å². The first-order chi connectivity index (χ1) is 10.3. The lowest BCUT2D eigenvalue weighted by molar-refractivity contribution is 0.356. The largest absolute Gasteiger partial charge is 0.493 e. The van der Waals surface area contributed by atoms with Gasteiger partial charge >= 0.3 is 0 Å². The monoisotopic (exact) mass is 279 g/mol. The van der Waals surface area contributed by atoms with E-state index < -0.39 is 0 Å². The molecule has 0 aliphatic carbocycles. The number of fused-ring (bicyclic) bond motifs is 1. The van der Waals surface area contributed by atoms with Crippen molar-refractivity contribution in [2.45, 2.75) is 13.0 Å². The van der Waals surface area contributed by atoms with Crippen LogP contribution in [-0.4, -0.2) is 25.1 Å². The molecule has 0 spiro atoms.